The number of benzene rings is 1. The number of hydrogen-bond acceptors (Lipinski definition) is 3. The molecule has 0 spiro atoms. The molecule has 106 valence electrons. The van der Waals surface area contributed by atoms with Crippen LogP contribution in [0.25, 0.3) is 0 Å². The molecule has 0 fully saturated rings. The molecule has 0 saturated carbocycles. The van der Waals surface area contributed by atoms with E-state index < -0.39 is 0 Å². The Morgan fingerprint density at radius 3 is 2.65 bits per heavy atom. The third kappa shape index (κ3) is 4.49. The van der Waals surface area contributed by atoms with E-state index in [9.17, 15) is 9.59 Å². The normalized spacial score (nSPS) is 17.6. The molecule has 1 aliphatic carbocycles. The lowest BCUT2D eigenvalue weighted by Crippen LogP contribution is -2.25. The van der Waals surface area contributed by atoms with Gasteiger partial charge in [-0.2, -0.15) is 0 Å². The number of carbonyl (C=O) groups excluding carboxylic acids is 2. The van der Waals surface area contributed by atoms with Gasteiger partial charge in [0.05, 0.1) is 5.92 Å². The van der Waals surface area contributed by atoms with Crippen molar-refractivity contribution in [3.63, 3.8) is 0 Å². The number of nitrogens with one attached hydrogen (secondary N) is 1. The maximum Gasteiger partial charge on any atom is 0.309 e. The van der Waals surface area contributed by atoms with E-state index in [0.717, 1.165) is 17.3 Å². The van der Waals surface area contributed by atoms with Gasteiger partial charge in [-0.1, -0.05) is 28.1 Å². The molecule has 0 aromatic heterocycles. The minimum atomic E-state index is -0.327. The highest BCUT2D eigenvalue weighted by Crippen LogP contribution is 2.19. The zero-order chi connectivity index (χ0) is 14.4. The van der Waals surface area contributed by atoms with Crippen LogP contribution in [0.3, 0.4) is 0 Å². The maximum absolute atomic E-state index is 11.8. The highest BCUT2D eigenvalue weighted by molar-refractivity contribution is 9.10. The van der Waals surface area contributed by atoms with Gasteiger partial charge in [0, 0.05) is 10.2 Å². The third-order valence-electron chi connectivity index (χ3n) is 3.08. The minimum absolute atomic E-state index is 0.111. The molecule has 0 bridgehead atoms. The van der Waals surface area contributed by atoms with Crippen molar-refractivity contribution in [2.75, 3.05) is 11.9 Å². The Morgan fingerprint density at radius 2 is 2.00 bits per heavy atom. The first-order valence-electron chi connectivity index (χ1n) is 6.52. The van der Waals surface area contributed by atoms with Gasteiger partial charge in [0.25, 0.3) is 5.91 Å². The van der Waals surface area contributed by atoms with E-state index in [1.807, 2.05) is 18.2 Å². The molecular formula is C15H16BrNO3. The van der Waals surface area contributed by atoms with E-state index in [-0.39, 0.29) is 24.4 Å². The highest BCUT2D eigenvalue weighted by atomic mass is 79.9. The number of esters is 1. The fourth-order valence-corrected chi connectivity index (χ4v) is 2.26. The van der Waals surface area contributed by atoms with Crippen molar-refractivity contribution >= 4 is 33.5 Å². The van der Waals surface area contributed by atoms with Gasteiger partial charge in [0.15, 0.2) is 6.61 Å². The molecule has 0 aliphatic heterocycles. The van der Waals surface area contributed by atoms with Crippen LogP contribution in [-0.4, -0.2) is 18.5 Å². The van der Waals surface area contributed by atoms with Crippen LogP contribution >= 0.6 is 15.9 Å². The summed E-state index contributed by atoms with van der Waals surface area (Å²) in [6.45, 7) is -0.241. The summed E-state index contributed by atoms with van der Waals surface area (Å²) < 4.78 is 5.98. The van der Waals surface area contributed by atoms with Crippen LogP contribution in [0.5, 0.6) is 0 Å². The lowest BCUT2D eigenvalue weighted by molar-refractivity contribution is -0.151. The Hall–Kier alpha value is -1.62. The molecule has 2 rings (SSSR count). The summed E-state index contributed by atoms with van der Waals surface area (Å²) in [5, 5.41) is 2.68. The van der Waals surface area contributed by atoms with E-state index in [1.165, 1.54) is 0 Å². The lowest BCUT2D eigenvalue weighted by atomic mass is 9.95. The first kappa shape index (κ1) is 14.8. The van der Waals surface area contributed by atoms with Gasteiger partial charge >= 0.3 is 5.97 Å². The quantitative estimate of drug-likeness (QED) is 0.677. The zero-order valence-electron chi connectivity index (χ0n) is 11.0. The standard InChI is InChI=1S/C15H16BrNO3/c16-12-6-8-13(9-7-12)17-14(18)10-20-15(19)11-4-2-1-3-5-11/h1-2,6-9,11H,3-5,10H2,(H,17,18)/t11-/m0/s1. The SMILES string of the molecule is O=C(COC(=O)[C@H]1CC=CCC1)Nc1ccc(Br)cc1. The molecule has 1 aliphatic rings. The molecule has 0 radical (unpaired) electrons. The monoisotopic (exact) mass is 337 g/mol. The van der Waals surface area contributed by atoms with Crippen molar-refractivity contribution in [1.29, 1.82) is 0 Å². The Labute approximate surface area is 126 Å². The van der Waals surface area contributed by atoms with Gasteiger partial charge in [-0.15, -0.1) is 0 Å². The molecule has 1 aromatic carbocycles. The predicted octanol–water partition coefficient (Wildman–Crippen LogP) is 3.29. The number of amides is 1. The Balaban J connectivity index is 1.75. The second-order valence-electron chi connectivity index (χ2n) is 4.64. The van der Waals surface area contributed by atoms with E-state index in [1.54, 1.807) is 12.1 Å². The summed E-state index contributed by atoms with van der Waals surface area (Å²) in [6.07, 6.45) is 6.43. The van der Waals surface area contributed by atoms with Crippen LogP contribution in [0.1, 0.15) is 19.3 Å². The largest absolute Gasteiger partial charge is 0.455 e. The van der Waals surface area contributed by atoms with E-state index in [4.69, 9.17) is 4.74 Å². The number of ether oxygens (including phenoxy) is 1. The molecule has 5 heteroatoms. The van der Waals surface area contributed by atoms with Crippen LogP contribution in [0.4, 0.5) is 5.69 Å². The summed E-state index contributed by atoms with van der Waals surface area (Å²) in [5.41, 5.74) is 0.676. The number of halogens is 1. The summed E-state index contributed by atoms with van der Waals surface area (Å²) in [6, 6.07) is 7.21. The number of rotatable bonds is 4. The number of anilines is 1. The van der Waals surface area contributed by atoms with Gasteiger partial charge in [0.2, 0.25) is 0 Å². The van der Waals surface area contributed by atoms with E-state index in [0.29, 0.717) is 12.1 Å². The van der Waals surface area contributed by atoms with Crippen molar-refractivity contribution in [2.45, 2.75) is 19.3 Å². The van der Waals surface area contributed by atoms with Crippen molar-refractivity contribution < 1.29 is 14.3 Å². The van der Waals surface area contributed by atoms with Crippen molar-refractivity contribution in [2.24, 2.45) is 5.92 Å². The molecule has 20 heavy (non-hydrogen) atoms. The molecule has 1 N–H and O–H groups in total. The van der Waals surface area contributed by atoms with Crippen LogP contribution in [-0.2, 0) is 14.3 Å². The Kier molecular flexibility index (Phi) is 5.35. The molecule has 4 nitrogen and oxygen atoms in total. The van der Waals surface area contributed by atoms with Crippen LogP contribution in [0, 0.1) is 5.92 Å². The van der Waals surface area contributed by atoms with Crippen molar-refractivity contribution in [1.82, 2.24) is 0 Å². The summed E-state index contributed by atoms with van der Waals surface area (Å²) in [7, 11) is 0. The molecule has 0 unspecified atom stereocenters. The van der Waals surface area contributed by atoms with Crippen molar-refractivity contribution in [3.05, 3.63) is 40.9 Å². The minimum Gasteiger partial charge on any atom is -0.455 e. The summed E-state index contributed by atoms with van der Waals surface area (Å²) in [4.78, 5) is 23.4. The van der Waals surface area contributed by atoms with Gasteiger partial charge in [-0.05, 0) is 43.5 Å². The maximum atomic E-state index is 11.8. The second kappa shape index (κ2) is 7.24. The van der Waals surface area contributed by atoms with Crippen LogP contribution in [0.15, 0.2) is 40.9 Å². The Morgan fingerprint density at radius 1 is 1.25 bits per heavy atom. The average Bonchev–Trinajstić information content (AvgIpc) is 2.48. The van der Waals surface area contributed by atoms with Gasteiger partial charge in [-0.3, -0.25) is 9.59 Å². The first-order chi connectivity index (χ1) is 9.65. The fourth-order valence-electron chi connectivity index (χ4n) is 1.99. The van der Waals surface area contributed by atoms with Gasteiger partial charge in [-0.25, -0.2) is 0 Å². The molecular weight excluding hydrogens is 322 g/mol. The molecule has 1 amide bonds. The van der Waals surface area contributed by atoms with Crippen LogP contribution in [0.2, 0.25) is 0 Å². The number of allylic oxidation sites excluding steroid dienone is 2. The van der Waals surface area contributed by atoms with E-state index >= 15 is 0 Å². The number of carbonyl (C=O) groups is 2. The summed E-state index contributed by atoms with van der Waals surface area (Å²) in [5.74, 6) is -0.729. The second-order valence-corrected chi connectivity index (χ2v) is 5.56. The zero-order valence-corrected chi connectivity index (χ0v) is 12.6. The molecule has 1 atom stereocenters. The van der Waals surface area contributed by atoms with Gasteiger partial charge < -0.3 is 10.1 Å². The highest BCUT2D eigenvalue weighted by Gasteiger charge is 2.20. The van der Waals surface area contributed by atoms with Gasteiger partial charge in [0.1, 0.15) is 0 Å². The molecule has 0 saturated heterocycles. The smallest absolute Gasteiger partial charge is 0.309 e. The van der Waals surface area contributed by atoms with Crippen molar-refractivity contribution in [3.8, 4) is 0 Å². The first-order valence-corrected chi connectivity index (χ1v) is 7.31. The van der Waals surface area contributed by atoms with Crippen LogP contribution < -0.4 is 5.32 Å². The number of hydrogen-bond donors (Lipinski definition) is 1. The Bertz CT molecular complexity index is 510. The topological polar surface area (TPSA) is 55.4 Å². The molecule has 0 heterocycles. The predicted molar refractivity (Wildman–Crippen MR) is 80.2 cm³/mol. The lowest BCUT2D eigenvalue weighted by Gasteiger charge is -2.16. The fraction of sp³-hybridized carbons (Fsp3) is 0.333. The third-order valence-corrected chi connectivity index (χ3v) is 3.60. The molecule has 1 aromatic rings. The average molecular weight is 338 g/mol. The summed E-state index contributed by atoms with van der Waals surface area (Å²) >= 11 is 3.32. The van der Waals surface area contributed by atoms with E-state index in [2.05, 4.69) is 27.3 Å².